The molecule has 1 saturated heterocycles. The number of amides is 2. The zero-order valence-corrected chi connectivity index (χ0v) is 28.7. The maximum absolute atomic E-state index is 13.1. The van der Waals surface area contributed by atoms with Crippen LogP contribution in [0, 0.1) is 5.92 Å². The quantitative estimate of drug-likeness (QED) is 0.205. The van der Waals surface area contributed by atoms with Crippen LogP contribution in [-0.2, 0) is 11.0 Å². The van der Waals surface area contributed by atoms with Crippen LogP contribution in [0.15, 0.2) is 48.9 Å². The van der Waals surface area contributed by atoms with Crippen LogP contribution in [0.5, 0.6) is 5.75 Å². The summed E-state index contributed by atoms with van der Waals surface area (Å²) in [4.78, 5) is 40.4. The molecule has 1 aliphatic rings. The predicted octanol–water partition coefficient (Wildman–Crippen LogP) is 7.85. The Kier molecular flexibility index (Phi) is 13.3. The second-order valence-electron chi connectivity index (χ2n) is 11.6. The van der Waals surface area contributed by atoms with E-state index < -0.39 is 17.6 Å². The van der Waals surface area contributed by atoms with E-state index in [2.05, 4.69) is 36.1 Å². The molecule has 3 N–H and O–H groups in total. The lowest BCUT2D eigenvalue weighted by molar-refractivity contribution is -0.137. The van der Waals surface area contributed by atoms with Crippen molar-refractivity contribution in [1.82, 2.24) is 24.3 Å². The van der Waals surface area contributed by atoms with Gasteiger partial charge in [-0.25, -0.2) is 15.0 Å². The first kappa shape index (κ1) is 37.8. The highest BCUT2D eigenvalue weighted by molar-refractivity contribution is 6.04. The number of nitrogens with two attached hydrogens (primary N) is 1. The van der Waals surface area contributed by atoms with Gasteiger partial charge in [0.15, 0.2) is 0 Å². The number of pyridine rings is 1. The molecule has 1 aromatic carbocycles. The first-order valence-electron chi connectivity index (χ1n) is 16.4. The molecule has 0 radical (unpaired) electrons. The van der Waals surface area contributed by atoms with Crippen LogP contribution >= 0.6 is 0 Å². The third-order valence-corrected chi connectivity index (χ3v) is 7.18. The van der Waals surface area contributed by atoms with Gasteiger partial charge in [0.25, 0.3) is 5.91 Å². The van der Waals surface area contributed by atoms with E-state index in [-0.39, 0.29) is 35.6 Å². The fourth-order valence-corrected chi connectivity index (χ4v) is 5.20. The van der Waals surface area contributed by atoms with Crippen molar-refractivity contribution in [3.63, 3.8) is 0 Å². The number of aromatic nitrogens is 4. The van der Waals surface area contributed by atoms with E-state index in [0.29, 0.717) is 42.0 Å². The zero-order valence-electron chi connectivity index (χ0n) is 28.7. The van der Waals surface area contributed by atoms with Crippen LogP contribution in [0.25, 0.3) is 16.8 Å². The Morgan fingerprint density at radius 1 is 1.08 bits per heavy atom. The summed E-state index contributed by atoms with van der Waals surface area (Å²) in [6.45, 7) is 15.6. The summed E-state index contributed by atoms with van der Waals surface area (Å²) in [6, 6.07) is 6.28. The van der Waals surface area contributed by atoms with E-state index in [9.17, 15) is 22.8 Å². The average molecular weight is 670 g/mol. The predicted molar refractivity (Wildman–Crippen MR) is 182 cm³/mol. The van der Waals surface area contributed by atoms with Gasteiger partial charge in [-0.15, -0.1) is 0 Å². The number of benzene rings is 1. The molecule has 0 spiro atoms. The van der Waals surface area contributed by atoms with E-state index in [1.54, 1.807) is 25.4 Å². The number of hydrogen-bond acceptors (Lipinski definition) is 7. The molecule has 1 aliphatic heterocycles. The molecule has 4 heterocycles. The number of halogens is 3. The molecule has 2 amide bonds. The third kappa shape index (κ3) is 9.23. The van der Waals surface area contributed by atoms with Crippen molar-refractivity contribution in [2.45, 2.75) is 79.8 Å². The number of imidazole rings is 1. The molecule has 1 unspecified atom stereocenters. The number of alkyl halides is 3. The van der Waals surface area contributed by atoms with Gasteiger partial charge < -0.3 is 20.7 Å². The number of nitrogen functional groups attached to an aromatic ring is 1. The third-order valence-electron chi connectivity index (χ3n) is 7.18. The number of carbonyl (C=O) groups excluding carboxylic acids is 2. The lowest BCUT2D eigenvalue weighted by Crippen LogP contribution is -2.39. The van der Waals surface area contributed by atoms with E-state index in [4.69, 9.17) is 15.5 Å². The van der Waals surface area contributed by atoms with Crippen LogP contribution in [-0.4, -0.2) is 55.8 Å². The van der Waals surface area contributed by atoms with Gasteiger partial charge in [-0.2, -0.15) is 13.2 Å². The summed E-state index contributed by atoms with van der Waals surface area (Å²) >= 11 is 0. The van der Waals surface area contributed by atoms with Crippen molar-refractivity contribution < 1.29 is 27.5 Å². The first-order valence-corrected chi connectivity index (χ1v) is 16.4. The Hall–Kier alpha value is -4.68. The fraction of sp³-hybridized carbons (Fsp3) is 0.457. The van der Waals surface area contributed by atoms with Crippen LogP contribution in [0.2, 0.25) is 0 Å². The van der Waals surface area contributed by atoms with E-state index in [1.807, 2.05) is 30.1 Å². The van der Waals surface area contributed by atoms with Crippen molar-refractivity contribution in [2.75, 3.05) is 30.7 Å². The van der Waals surface area contributed by atoms with Gasteiger partial charge in [0.1, 0.15) is 34.4 Å². The molecule has 0 bridgehead atoms. The SMILES string of the molecule is CC.CC(C)C.CCOc1cc(C(=O)Nc2cc(C(F)(F)F)ccn2)ccc1-c1nc(C2CCCN(C(=O)CC)C2)n2ccnc(N)c12. The molecule has 1 atom stereocenters. The van der Waals surface area contributed by atoms with Crippen molar-refractivity contribution in [3.8, 4) is 17.0 Å². The minimum absolute atomic E-state index is 0.0298. The van der Waals surface area contributed by atoms with Gasteiger partial charge in [0.2, 0.25) is 5.91 Å². The molecule has 0 aliphatic carbocycles. The summed E-state index contributed by atoms with van der Waals surface area (Å²) in [5.41, 5.74) is 7.20. The van der Waals surface area contributed by atoms with E-state index >= 15 is 0 Å². The molecular weight excluding hydrogens is 623 g/mol. The maximum Gasteiger partial charge on any atom is 0.416 e. The second-order valence-corrected chi connectivity index (χ2v) is 11.6. The molecular formula is C35H46F3N7O3. The molecule has 3 aromatic heterocycles. The monoisotopic (exact) mass is 669 g/mol. The van der Waals surface area contributed by atoms with Crippen LogP contribution in [0.1, 0.15) is 95.4 Å². The van der Waals surface area contributed by atoms with Crippen molar-refractivity contribution in [3.05, 3.63) is 65.9 Å². The van der Waals surface area contributed by atoms with Crippen LogP contribution in [0.4, 0.5) is 24.8 Å². The molecule has 1 fully saturated rings. The molecule has 13 heteroatoms. The molecule has 10 nitrogen and oxygen atoms in total. The number of ether oxygens (including phenoxy) is 1. The summed E-state index contributed by atoms with van der Waals surface area (Å²) < 4.78 is 47.1. The zero-order chi connectivity index (χ0) is 35.6. The van der Waals surface area contributed by atoms with Crippen molar-refractivity contribution >= 4 is 29.0 Å². The Morgan fingerprint density at radius 2 is 1.79 bits per heavy atom. The standard InChI is InChI=1S/C29H30F3N7O3.C4H10.C2H6/c1-3-23(40)38-12-5-6-18(16-38)27-37-24(25-26(33)35-11-13-39(25)27)20-8-7-17(14-21(20)42-4-2)28(41)36-22-15-19(9-10-34-22)29(30,31)32;1-4(2)3;1-2/h7-11,13-15,18H,3-6,12,16H2,1-2H3,(H2,33,35)(H,34,36,41);4H,1-3H3;1-2H3. The van der Waals surface area contributed by atoms with Crippen LogP contribution in [0.3, 0.4) is 0 Å². The van der Waals surface area contributed by atoms with Crippen molar-refractivity contribution in [2.24, 2.45) is 5.92 Å². The van der Waals surface area contributed by atoms with Gasteiger partial charge in [0.05, 0.1) is 12.2 Å². The van der Waals surface area contributed by atoms with Gasteiger partial charge in [0, 0.05) is 55.1 Å². The summed E-state index contributed by atoms with van der Waals surface area (Å²) in [5, 5.41) is 2.42. The maximum atomic E-state index is 13.1. The lowest BCUT2D eigenvalue weighted by atomic mass is 9.97. The number of carbonyl (C=O) groups is 2. The minimum atomic E-state index is -4.57. The Labute approximate surface area is 279 Å². The second kappa shape index (κ2) is 16.9. The highest BCUT2D eigenvalue weighted by Gasteiger charge is 2.31. The summed E-state index contributed by atoms with van der Waals surface area (Å²) in [5.74, 6) is 1.33. The molecule has 48 heavy (non-hydrogen) atoms. The fourth-order valence-electron chi connectivity index (χ4n) is 5.20. The Morgan fingerprint density at radius 3 is 2.44 bits per heavy atom. The Bertz CT molecular complexity index is 1690. The number of rotatable bonds is 7. The number of anilines is 2. The number of nitrogens with zero attached hydrogens (tertiary/aromatic N) is 5. The molecule has 4 aromatic rings. The first-order chi connectivity index (χ1) is 22.8. The average Bonchev–Trinajstić information content (AvgIpc) is 3.46. The smallest absolute Gasteiger partial charge is 0.416 e. The molecule has 5 rings (SSSR count). The highest BCUT2D eigenvalue weighted by atomic mass is 19.4. The van der Waals surface area contributed by atoms with Crippen LogP contribution < -0.4 is 15.8 Å². The number of hydrogen-bond donors (Lipinski definition) is 2. The van der Waals surface area contributed by atoms with Gasteiger partial charge in [-0.1, -0.05) is 41.5 Å². The normalized spacial score (nSPS) is 14.5. The minimum Gasteiger partial charge on any atom is -0.493 e. The summed E-state index contributed by atoms with van der Waals surface area (Å²) in [7, 11) is 0. The number of likely N-dealkylation sites (tertiary alicyclic amines) is 1. The molecule has 260 valence electrons. The number of fused-ring (bicyclic) bond motifs is 1. The number of nitrogens with one attached hydrogen (secondary N) is 1. The van der Waals surface area contributed by atoms with E-state index in [1.165, 1.54) is 12.1 Å². The van der Waals surface area contributed by atoms with Gasteiger partial charge in [-0.3, -0.25) is 14.0 Å². The van der Waals surface area contributed by atoms with Gasteiger partial charge in [-0.05, 0) is 56.0 Å². The summed E-state index contributed by atoms with van der Waals surface area (Å²) in [6.07, 6.45) is 1.90. The van der Waals surface area contributed by atoms with E-state index in [0.717, 1.165) is 42.9 Å². The largest absolute Gasteiger partial charge is 0.493 e. The molecule has 0 saturated carbocycles. The number of piperidine rings is 1. The topological polar surface area (TPSA) is 128 Å². The highest BCUT2D eigenvalue weighted by Crippen LogP contribution is 2.38. The lowest BCUT2D eigenvalue weighted by Gasteiger charge is -2.32. The Balaban J connectivity index is 0.000000970. The van der Waals surface area contributed by atoms with Crippen molar-refractivity contribution in [1.29, 1.82) is 0 Å². The van der Waals surface area contributed by atoms with Gasteiger partial charge >= 0.3 is 6.18 Å².